The Kier molecular flexibility index (Phi) is 7.81. The van der Waals surface area contributed by atoms with Gasteiger partial charge in [-0.25, -0.2) is 14.3 Å². The highest BCUT2D eigenvalue weighted by molar-refractivity contribution is 5.98. The molecule has 8 nitrogen and oxygen atoms in total. The van der Waals surface area contributed by atoms with E-state index >= 15 is 0 Å². The fourth-order valence-electron chi connectivity index (χ4n) is 3.82. The van der Waals surface area contributed by atoms with Gasteiger partial charge in [-0.15, -0.1) is 0 Å². The summed E-state index contributed by atoms with van der Waals surface area (Å²) in [6.45, 7) is 5.20. The normalized spacial score (nSPS) is 15.3. The summed E-state index contributed by atoms with van der Waals surface area (Å²) in [5, 5.41) is 9.57. The lowest BCUT2D eigenvalue weighted by atomic mass is 9.96. The number of hydrogen-bond acceptors (Lipinski definition) is 5. The van der Waals surface area contributed by atoms with Crippen molar-refractivity contribution in [3.05, 3.63) is 53.4 Å². The molecule has 170 valence electrons. The molecular formula is C24H30N4O4. The Bertz CT molecular complexity index is 991. The summed E-state index contributed by atoms with van der Waals surface area (Å²) in [6.07, 6.45) is 6.93. The van der Waals surface area contributed by atoms with Crippen LogP contribution in [0.1, 0.15) is 56.0 Å². The number of aromatic nitrogens is 2. The summed E-state index contributed by atoms with van der Waals surface area (Å²) in [5.74, 6) is -1.34. The van der Waals surface area contributed by atoms with E-state index in [9.17, 15) is 14.4 Å². The van der Waals surface area contributed by atoms with Crippen molar-refractivity contribution in [2.45, 2.75) is 65.0 Å². The van der Waals surface area contributed by atoms with Crippen molar-refractivity contribution in [1.29, 1.82) is 0 Å². The van der Waals surface area contributed by atoms with Gasteiger partial charge in [0.1, 0.15) is 0 Å². The molecule has 1 aromatic heterocycles. The van der Waals surface area contributed by atoms with Crippen LogP contribution in [0, 0.1) is 13.8 Å². The van der Waals surface area contributed by atoms with E-state index < -0.39 is 24.0 Å². The van der Waals surface area contributed by atoms with Crippen LogP contribution >= 0.6 is 0 Å². The van der Waals surface area contributed by atoms with Gasteiger partial charge in [-0.2, -0.15) is 5.10 Å². The first-order valence-electron chi connectivity index (χ1n) is 11.0. The fraction of sp³-hybridized carbons (Fsp3) is 0.417. The van der Waals surface area contributed by atoms with Gasteiger partial charge in [0.15, 0.2) is 6.10 Å². The second kappa shape index (κ2) is 10.7. The van der Waals surface area contributed by atoms with Gasteiger partial charge in [0.05, 0.1) is 11.4 Å². The summed E-state index contributed by atoms with van der Waals surface area (Å²) in [6, 6.07) is 9.22. The second-order valence-electron chi connectivity index (χ2n) is 8.04. The van der Waals surface area contributed by atoms with Crippen LogP contribution in [0.5, 0.6) is 0 Å². The van der Waals surface area contributed by atoms with E-state index in [0.29, 0.717) is 0 Å². The van der Waals surface area contributed by atoms with Gasteiger partial charge in [-0.05, 0) is 51.8 Å². The van der Waals surface area contributed by atoms with Crippen molar-refractivity contribution in [2.75, 3.05) is 0 Å². The predicted octanol–water partition coefficient (Wildman–Crippen LogP) is 3.59. The quantitative estimate of drug-likeness (QED) is 0.530. The highest BCUT2D eigenvalue weighted by atomic mass is 16.5. The Morgan fingerprint density at radius 3 is 2.50 bits per heavy atom. The van der Waals surface area contributed by atoms with Crippen LogP contribution in [0.2, 0.25) is 0 Å². The first kappa shape index (κ1) is 23.2. The number of urea groups is 1. The number of nitrogens with zero attached hydrogens (tertiary/aromatic N) is 2. The van der Waals surface area contributed by atoms with E-state index in [0.717, 1.165) is 48.3 Å². The number of carbonyl (C=O) groups is 3. The minimum Gasteiger partial charge on any atom is -0.449 e. The van der Waals surface area contributed by atoms with E-state index in [2.05, 4.69) is 15.7 Å². The maximum absolute atomic E-state index is 12.2. The largest absolute Gasteiger partial charge is 0.449 e. The highest BCUT2D eigenvalue weighted by Gasteiger charge is 2.21. The summed E-state index contributed by atoms with van der Waals surface area (Å²) in [5.41, 5.74) is 3.37. The van der Waals surface area contributed by atoms with E-state index in [1.54, 1.807) is 10.8 Å². The zero-order valence-corrected chi connectivity index (χ0v) is 18.8. The number of hydrogen-bond donors (Lipinski definition) is 2. The number of rotatable bonds is 6. The van der Waals surface area contributed by atoms with Crippen molar-refractivity contribution in [1.82, 2.24) is 20.4 Å². The molecule has 8 heteroatoms. The summed E-state index contributed by atoms with van der Waals surface area (Å²) in [4.78, 5) is 36.4. The minimum absolute atomic E-state index is 0.0839. The van der Waals surface area contributed by atoms with Crippen molar-refractivity contribution in [3.8, 4) is 5.69 Å². The topological polar surface area (TPSA) is 102 Å². The second-order valence-corrected chi connectivity index (χ2v) is 8.04. The maximum atomic E-state index is 12.2. The Balaban J connectivity index is 1.54. The third kappa shape index (κ3) is 6.06. The Morgan fingerprint density at radius 1 is 1.12 bits per heavy atom. The summed E-state index contributed by atoms with van der Waals surface area (Å²) < 4.78 is 6.96. The SMILES string of the molecule is Cc1nn(-c2ccccc2)c(C)c1/C=C/C(=O)OC(C)C(=O)NC(=O)NC1CCCCC1. The first-order valence-corrected chi connectivity index (χ1v) is 11.0. The van der Waals surface area contributed by atoms with Crippen molar-refractivity contribution in [3.63, 3.8) is 0 Å². The Morgan fingerprint density at radius 2 is 1.81 bits per heavy atom. The van der Waals surface area contributed by atoms with Gasteiger partial charge in [0.25, 0.3) is 5.91 Å². The molecule has 1 fully saturated rings. The average Bonchev–Trinajstić information content (AvgIpc) is 3.06. The van der Waals surface area contributed by atoms with Gasteiger partial charge in [0, 0.05) is 23.4 Å². The van der Waals surface area contributed by atoms with E-state index in [1.165, 1.54) is 19.4 Å². The molecule has 1 aliphatic rings. The highest BCUT2D eigenvalue weighted by Crippen LogP contribution is 2.19. The lowest BCUT2D eigenvalue weighted by Gasteiger charge is -2.23. The number of para-hydroxylation sites is 1. The van der Waals surface area contributed by atoms with E-state index in [1.807, 2.05) is 44.2 Å². The van der Waals surface area contributed by atoms with Crippen LogP contribution in [-0.2, 0) is 14.3 Å². The fourth-order valence-corrected chi connectivity index (χ4v) is 3.82. The van der Waals surface area contributed by atoms with Crippen molar-refractivity contribution in [2.24, 2.45) is 0 Å². The molecule has 3 rings (SSSR count). The molecule has 1 unspecified atom stereocenters. The lowest BCUT2D eigenvalue weighted by molar-refractivity contribution is -0.149. The smallest absolute Gasteiger partial charge is 0.331 e. The summed E-state index contributed by atoms with van der Waals surface area (Å²) >= 11 is 0. The molecule has 3 amide bonds. The van der Waals surface area contributed by atoms with E-state index in [4.69, 9.17) is 4.74 Å². The molecule has 0 saturated heterocycles. The van der Waals surface area contributed by atoms with E-state index in [-0.39, 0.29) is 6.04 Å². The third-order valence-corrected chi connectivity index (χ3v) is 5.57. The molecular weight excluding hydrogens is 408 g/mol. The number of carbonyl (C=O) groups excluding carboxylic acids is 3. The molecule has 0 spiro atoms. The number of nitrogens with one attached hydrogen (secondary N) is 2. The van der Waals surface area contributed by atoms with Crippen LogP contribution in [0.4, 0.5) is 4.79 Å². The molecule has 1 saturated carbocycles. The molecule has 1 atom stereocenters. The molecule has 2 aromatic rings. The predicted molar refractivity (Wildman–Crippen MR) is 121 cm³/mol. The monoisotopic (exact) mass is 438 g/mol. The van der Waals surface area contributed by atoms with Crippen molar-refractivity contribution < 1.29 is 19.1 Å². The molecule has 0 radical (unpaired) electrons. The Hall–Kier alpha value is -3.42. The van der Waals surface area contributed by atoms with Crippen LogP contribution < -0.4 is 10.6 Å². The zero-order valence-electron chi connectivity index (χ0n) is 18.8. The maximum Gasteiger partial charge on any atom is 0.331 e. The Labute approximate surface area is 188 Å². The number of amides is 3. The van der Waals surface area contributed by atoms with Gasteiger partial charge in [0.2, 0.25) is 0 Å². The zero-order chi connectivity index (χ0) is 23.1. The number of aryl methyl sites for hydroxylation is 1. The number of esters is 1. The third-order valence-electron chi connectivity index (χ3n) is 5.57. The molecule has 32 heavy (non-hydrogen) atoms. The van der Waals surface area contributed by atoms with Gasteiger partial charge >= 0.3 is 12.0 Å². The molecule has 2 N–H and O–H groups in total. The molecule has 1 aliphatic carbocycles. The average molecular weight is 439 g/mol. The van der Waals surface area contributed by atoms with Gasteiger partial charge < -0.3 is 10.1 Å². The standard InChI is InChI=1S/C24H30N4O4/c1-16-21(17(2)28(27-16)20-12-8-5-9-13-20)14-15-22(29)32-18(3)23(30)26-24(31)25-19-10-6-4-7-11-19/h5,8-9,12-15,18-19H,4,6-7,10-11H2,1-3H3,(H2,25,26,30,31)/b15-14+. The summed E-state index contributed by atoms with van der Waals surface area (Å²) in [7, 11) is 0. The first-order chi connectivity index (χ1) is 15.3. The van der Waals surface area contributed by atoms with Crippen LogP contribution in [-0.4, -0.2) is 39.8 Å². The number of benzene rings is 1. The molecule has 1 aromatic carbocycles. The number of ether oxygens (including phenoxy) is 1. The van der Waals surface area contributed by atoms with Crippen molar-refractivity contribution >= 4 is 24.0 Å². The van der Waals surface area contributed by atoms with Crippen LogP contribution in [0.3, 0.4) is 0 Å². The van der Waals surface area contributed by atoms with Gasteiger partial charge in [-0.3, -0.25) is 10.1 Å². The molecule has 0 bridgehead atoms. The lowest BCUT2D eigenvalue weighted by Crippen LogP contribution is -2.48. The minimum atomic E-state index is -1.10. The molecule has 1 heterocycles. The molecule has 0 aliphatic heterocycles. The van der Waals surface area contributed by atoms with Crippen LogP contribution in [0.15, 0.2) is 36.4 Å². The van der Waals surface area contributed by atoms with Gasteiger partial charge in [-0.1, -0.05) is 37.5 Å². The van der Waals surface area contributed by atoms with Crippen LogP contribution in [0.25, 0.3) is 11.8 Å². The number of imide groups is 1.